The monoisotopic (exact) mass is 637 g/mol. The van der Waals surface area contributed by atoms with E-state index in [1.165, 1.54) is 4.90 Å². The van der Waals surface area contributed by atoms with Gasteiger partial charge in [0.25, 0.3) is 0 Å². The normalized spacial score (nSPS) is 28.8. The molecule has 1 heterocycles. The third-order valence-electron chi connectivity index (χ3n) is 10.3. The average Bonchev–Trinajstić information content (AvgIpc) is 3.59. The van der Waals surface area contributed by atoms with Crippen LogP contribution in [0.25, 0.3) is 0 Å². The summed E-state index contributed by atoms with van der Waals surface area (Å²) in [7, 11) is 0. The molecule has 8 rings (SSSR count). The molecule has 0 aromatic heterocycles. The lowest BCUT2D eigenvalue weighted by molar-refractivity contribution is -0.131. The number of amides is 2. The summed E-state index contributed by atoms with van der Waals surface area (Å²) in [6.07, 6.45) is 0. The van der Waals surface area contributed by atoms with E-state index in [2.05, 4.69) is 40.2 Å². The number of nitrogens with zero attached hydrogens (tertiary/aromatic N) is 1. The number of carbonyl (C=O) groups excluding carboxylic acids is 3. The molecule has 1 aliphatic heterocycles. The molecule has 5 aromatic rings. The number of imide groups is 1. The Morgan fingerprint density at radius 2 is 0.818 bits per heavy atom. The maximum atomic E-state index is 15.9. The first-order chi connectivity index (χ1) is 21.5. The topological polar surface area (TPSA) is 54.5 Å². The van der Waals surface area contributed by atoms with Gasteiger partial charge in [0.2, 0.25) is 11.8 Å². The lowest BCUT2D eigenvalue weighted by Gasteiger charge is -2.46. The highest BCUT2D eigenvalue weighted by molar-refractivity contribution is 9.10. The molecule has 0 N–H and O–H groups in total. The van der Waals surface area contributed by atoms with Gasteiger partial charge in [-0.1, -0.05) is 133 Å². The van der Waals surface area contributed by atoms with Crippen LogP contribution in [0.3, 0.4) is 0 Å². The van der Waals surface area contributed by atoms with Gasteiger partial charge in [-0.3, -0.25) is 14.4 Å². The van der Waals surface area contributed by atoms with E-state index in [-0.39, 0.29) is 17.6 Å². The highest BCUT2D eigenvalue weighted by atomic mass is 79.9. The molecule has 0 radical (unpaired) electrons. The van der Waals surface area contributed by atoms with Gasteiger partial charge in [-0.2, -0.15) is 0 Å². The lowest BCUT2D eigenvalue weighted by atomic mass is 9.52. The summed E-state index contributed by atoms with van der Waals surface area (Å²) in [5.74, 6) is -3.28. The number of hydrogen-bond acceptors (Lipinski definition) is 3. The van der Waals surface area contributed by atoms with Gasteiger partial charge in [-0.25, -0.2) is 4.90 Å². The Hall–Kier alpha value is -4.61. The molecule has 2 saturated carbocycles. The Morgan fingerprint density at radius 1 is 0.455 bits per heavy atom. The van der Waals surface area contributed by atoms with E-state index in [1.54, 1.807) is 6.07 Å². The maximum Gasteiger partial charge on any atom is 0.239 e. The molecule has 2 bridgehead atoms. The maximum absolute atomic E-state index is 15.9. The van der Waals surface area contributed by atoms with E-state index in [1.807, 2.05) is 115 Å². The minimum Gasteiger partial charge on any atom is -0.298 e. The van der Waals surface area contributed by atoms with Gasteiger partial charge in [-0.15, -0.1) is 0 Å². The second-order valence-corrected chi connectivity index (χ2v) is 12.8. The number of fused-ring (bicyclic) bond motifs is 5. The molecule has 1 saturated heterocycles. The van der Waals surface area contributed by atoms with Gasteiger partial charge >= 0.3 is 0 Å². The smallest absolute Gasteiger partial charge is 0.239 e. The van der Waals surface area contributed by atoms with Crippen LogP contribution in [0.15, 0.2) is 150 Å². The first kappa shape index (κ1) is 27.0. The van der Waals surface area contributed by atoms with Crippen LogP contribution in [0.2, 0.25) is 0 Å². The standard InChI is InChI=1S/C39H28BrNO3/c40-29-23-13-14-24-30(29)41-35(42)33-34(36(41)43)39(28-21-11-4-12-22-28)32(26-17-7-2-8-18-26)31(25-15-5-1-6-16-25)38(33,37(39)44)27-19-9-3-10-20-27/h1-24,31-34H/t31-,32-,33-,34+,38-,39-/m0/s1. The van der Waals surface area contributed by atoms with E-state index >= 15 is 4.79 Å². The highest BCUT2D eigenvalue weighted by Gasteiger charge is 2.86. The Balaban J connectivity index is 1.53. The van der Waals surface area contributed by atoms with Crippen molar-refractivity contribution in [1.29, 1.82) is 0 Å². The van der Waals surface area contributed by atoms with Crippen molar-refractivity contribution in [2.24, 2.45) is 11.8 Å². The summed E-state index contributed by atoms with van der Waals surface area (Å²) in [5.41, 5.74) is 1.45. The van der Waals surface area contributed by atoms with Gasteiger partial charge in [0.05, 0.1) is 28.4 Å². The molecule has 2 amide bonds. The first-order valence-electron chi connectivity index (χ1n) is 14.9. The first-order valence-corrected chi connectivity index (χ1v) is 15.7. The minimum absolute atomic E-state index is 0.0476. The van der Waals surface area contributed by atoms with Crippen LogP contribution in [0, 0.1) is 11.8 Å². The van der Waals surface area contributed by atoms with E-state index < -0.39 is 34.5 Å². The lowest BCUT2D eigenvalue weighted by Crippen LogP contribution is -2.49. The number of hydrogen-bond donors (Lipinski definition) is 0. The molecule has 3 aliphatic rings. The van der Waals surface area contributed by atoms with Crippen LogP contribution in [0.1, 0.15) is 34.1 Å². The third-order valence-corrected chi connectivity index (χ3v) is 10.9. The van der Waals surface area contributed by atoms with Gasteiger partial charge in [0, 0.05) is 16.3 Å². The predicted octanol–water partition coefficient (Wildman–Crippen LogP) is 7.59. The number of Topliss-reactive ketones (excluding diaryl/α,β-unsaturated/α-hetero) is 1. The van der Waals surface area contributed by atoms with Crippen molar-refractivity contribution in [2.75, 3.05) is 4.90 Å². The fraction of sp³-hybridized carbons (Fsp3) is 0.154. The van der Waals surface area contributed by atoms with Crippen LogP contribution >= 0.6 is 15.9 Å². The zero-order valence-corrected chi connectivity index (χ0v) is 25.3. The van der Waals surface area contributed by atoms with Crippen molar-refractivity contribution in [3.8, 4) is 0 Å². The van der Waals surface area contributed by atoms with Crippen molar-refractivity contribution >= 4 is 39.2 Å². The Bertz CT molecular complexity index is 1800. The van der Waals surface area contributed by atoms with Gasteiger partial charge in [0.15, 0.2) is 5.78 Å². The second-order valence-electron chi connectivity index (χ2n) is 12.0. The minimum atomic E-state index is -1.29. The molecule has 5 aromatic carbocycles. The summed E-state index contributed by atoms with van der Waals surface area (Å²) in [6, 6.07) is 47.0. The number of ketones is 1. The van der Waals surface area contributed by atoms with E-state index in [4.69, 9.17) is 0 Å². The molecule has 6 atom stereocenters. The fourth-order valence-corrected chi connectivity index (χ4v) is 9.38. The summed E-state index contributed by atoms with van der Waals surface area (Å²) in [5, 5.41) is 0. The van der Waals surface area contributed by atoms with Gasteiger partial charge in [0.1, 0.15) is 0 Å². The molecule has 5 heteroatoms. The van der Waals surface area contributed by atoms with Crippen LogP contribution in [-0.2, 0) is 25.2 Å². The van der Waals surface area contributed by atoms with Crippen LogP contribution < -0.4 is 4.90 Å². The third kappa shape index (κ3) is 3.31. The van der Waals surface area contributed by atoms with E-state index in [0.717, 1.165) is 22.3 Å². The molecular weight excluding hydrogens is 610 g/mol. The van der Waals surface area contributed by atoms with Crippen molar-refractivity contribution in [3.05, 3.63) is 172 Å². The van der Waals surface area contributed by atoms with Crippen molar-refractivity contribution < 1.29 is 14.4 Å². The van der Waals surface area contributed by atoms with Gasteiger partial charge in [-0.05, 0) is 50.3 Å². The summed E-state index contributed by atoms with van der Waals surface area (Å²) in [4.78, 5) is 47.2. The number of para-hydroxylation sites is 1. The quantitative estimate of drug-likeness (QED) is 0.187. The summed E-state index contributed by atoms with van der Waals surface area (Å²) in [6.45, 7) is 0. The number of rotatable bonds is 5. The van der Waals surface area contributed by atoms with Gasteiger partial charge < -0.3 is 0 Å². The highest BCUT2D eigenvalue weighted by Crippen LogP contribution is 2.77. The van der Waals surface area contributed by atoms with Crippen molar-refractivity contribution in [2.45, 2.75) is 22.7 Å². The molecule has 214 valence electrons. The van der Waals surface area contributed by atoms with Crippen molar-refractivity contribution in [1.82, 2.24) is 0 Å². The van der Waals surface area contributed by atoms with Crippen LogP contribution in [0.5, 0.6) is 0 Å². The molecule has 0 spiro atoms. The zero-order chi connectivity index (χ0) is 30.1. The number of benzene rings is 5. The van der Waals surface area contributed by atoms with E-state index in [0.29, 0.717) is 10.2 Å². The molecule has 2 aliphatic carbocycles. The molecule has 44 heavy (non-hydrogen) atoms. The zero-order valence-electron chi connectivity index (χ0n) is 23.7. The average molecular weight is 639 g/mol. The Labute approximate surface area is 264 Å². The Kier molecular flexibility index (Phi) is 6.11. The molecular formula is C39H28BrNO3. The van der Waals surface area contributed by atoms with Crippen LogP contribution in [-0.4, -0.2) is 17.6 Å². The Morgan fingerprint density at radius 3 is 1.23 bits per heavy atom. The largest absolute Gasteiger partial charge is 0.298 e. The van der Waals surface area contributed by atoms with E-state index in [9.17, 15) is 9.59 Å². The number of anilines is 1. The second kappa shape index (κ2) is 9.96. The molecule has 0 unspecified atom stereocenters. The van der Waals surface area contributed by atoms with Crippen LogP contribution in [0.4, 0.5) is 5.69 Å². The summed E-state index contributed by atoms with van der Waals surface area (Å²) >= 11 is 3.60. The summed E-state index contributed by atoms with van der Waals surface area (Å²) < 4.78 is 0.655. The van der Waals surface area contributed by atoms with Crippen molar-refractivity contribution in [3.63, 3.8) is 0 Å². The molecule has 3 fully saturated rings. The SMILES string of the molecule is O=C1[C@@H]2[C@H](C(=O)N1c1ccccc1Br)[C@@]1(c3ccccc3)C(=O)[C@@]2(c2ccccc2)[C@@H](c2ccccc2)[C@@H]1c1ccccc1. The number of halogens is 1. The molecule has 4 nitrogen and oxygen atoms in total. The predicted molar refractivity (Wildman–Crippen MR) is 173 cm³/mol. The number of carbonyl (C=O) groups is 3. The fourth-order valence-electron chi connectivity index (χ4n) is 8.92.